The topological polar surface area (TPSA) is 74.1 Å². The van der Waals surface area contributed by atoms with Crippen LogP contribution in [-0.2, 0) is 10.2 Å². The first-order chi connectivity index (χ1) is 11.9. The number of rotatable bonds is 2. The van der Waals surface area contributed by atoms with Crippen molar-refractivity contribution in [3.05, 3.63) is 52.5 Å². The minimum Gasteiger partial charge on any atom is -0.508 e. The first-order valence-corrected chi connectivity index (χ1v) is 8.82. The van der Waals surface area contributed by atoms with Gasteiger partial charge in [0, 0.05) is 23.3 Å². The predicted molar refractivity (Wildman–Crippen MR) is 95.0 cm³/mol. The molecule has 0 saturated heterocycles. The summed E-state index contributed by atoms with van der Waals surface area (Å²) < 4.78 is 0. The number of azo groups is 1. The summed E-state index contributed by atoms with van der Waals surface area (Å²) in [5, 5.41) is 22.0. The zero-order valence-corrected chi connectivity index (χ0v) is 14.9. The van der Waals surface area contributed by atoms with E-state index in [-0.39, 0.29) is 16.9 Å². The number of hydrogen-bond donors (Lipinski definition) is 2. The smallest absolute Gasteiger partial charge is 0.162 e. The number of nitrogens with one attached hydrogen (secondary N) is 1. The van der Waals surface area contributed by atoms with Gasteiger partial charge in [0.25, 0.3) is 0 Å². The first-order valence-electron chi connectivity index (χ1n) is 8.82. The summed E-state index contributed by atoms with van der Waals surface area (Å²) in [7, 11) is 0. The molecule has 5 nitrogen and oxygen atoms in total. The molecule has 1 aromatic carbocycles. The molecule has 0 radical (unpaired) electrons. The van der Waals surface area contributed by atoms with E-state index >= 15 is 0 Å². The second-order valence-corrected chi connectivity index (χ2v) is 7.96. The number of carbonyl (C=O) groups excluding carboxylic acids is 1. The van der Waals surface area contributed by atoms with Crippen molar-refractivity contribution in [2.75, 3.05) is 6.54 Å². The van der Waals surface area contributed by atoms with Gasteiger partial charge in [0.15, 0.2) is 11.6 Å². The average Bonchev–Trinajstić information content (AvgIpc) is 3.00. The fraction of sp³-hybridized carbons (Fsp3) is 0.450. The summed E-state index contributed by atoms with van der Waals surface area (Å²) in [5.74, 6) is 1.17. The molecule has 0 aromatic heterocycles. The van der Waals surface area contributed by atoms with Crippen LogP contribution in [0.1, 0.15) is 45.6 Å². The Labute approximate surface area is 147 Å². The Morgan fingerprint density at radius 3 is 2.80 bits per heavy atom. The summed E-state index contributed by atoms with van der Waals surface area (Å²) in [4.78, 5) is 13.2. The van der Waals surface area contributed by atoms with Crippen LogP contribution in [0.3, 0.4) is 0 Å². The van der Waals surface area contributed by atoms with Crippen LogP contribution < -0.4 is 5.32 Å². The van der Waals surface area contributed by atoms with Crippen LogP contribution in [0.5, 0.6) is 5.75 Å². The molecule has 0 bridgehead atoms. The van der Waals surface area contributed by atoms with Gasteiger partial charge in [-0.25, -0.2) is 0 Å². The third kappa shape index (κ3) is 2.25. The number of nitrogens with zero attached hydrogens (tertiary/aromatic N) is 2. The second kappa shape index (κ2) is 5.28. The first kappa shape index (κ1) is 16.1. The lowest BCUT2D eigenvalue weighted by atomic mass is 9.59. The molecule has 0 spiro atoms. The van der Waals surface area contributed by atoms with Crippen molar-refractivity contribution in [2.24, 2.45) is 15.6 Å². The van der Waals surface area contributed by atoms with Crippen LogP contribution in [-0.4, -0.2) is 17.4 Å². The number of ketones is 1. The summed E-state index contributed by atoms with van der Waals surface area (Å²) in [6.07, 6.45) is 2.07. The van der Waals surface area contributed by atoms with Gasteiger partial charge in [-0.3, -0.25) is 4.79 Å². The highest BCUT2D eigenvalue weighted by Crippen LogP contribution is 2.53. The highest BCUT2D eigenvalue weighted by Gasteiger charge is 2.51. The maximum Gasteiger partial charge on any atom is 0.162 e. The Bertz CT molecular complexity index is 863. The molecule has 130 valence electrons. The van der Waals surface area contributed by atoms with E-state index in [0.29, 0.717) is 13.0 Å². The number of hydrogen-bond acceptors (Lipinski definition) is 5. The fourth-order valence-electron chi connectivity index (χ4n) is 4.65. The van der Waals surface area contributed by atoms with Gasteiger partial charge in [0.1, 0.15) is 5.75 Å². The molecule has 1 aromatic rings. The van der Waals surface area contributed by atoms with Crippen LogP contribution in [0, 0.1) is 5.41 Å². The van der Waals surface area contributed by atoms with Crippen molar-refractivity contribution in [1.82, 2.24) is 5.32 Å². The van der Waals surface area contributed by atoms with Crippen LogP contribution in [0.15, 0.2) is 57.2 Å². The Hall–Kier alpha value is -2.43. The van der Waals surface area contributed by atoms with E-state index in [2.05, 4.69) is 36.3 Å². The lowest BCUT2D eigenvalue weighted by Gasteiger charge is -2.45. The molecule has 1 unspecified atom stereocenters. The van der Waals surface area contributed by atoms with E-state index < -0.39 is 5.41 Å². The minimum atomic E-state index is -0.564. The van der Waals surface area contributed by atoms with Crippen LogP contribution in [0.4, 0.5) is 0 Å². The maximum absolute atomic E-state index is 13.2. The molecule has 4 rings (SSSR count). The highest BCUT2D eigenvalue weighted by atomic mass is 16.3. The number of benzene rings is 1. The molecule has 0 saturated carbocycles. The Balaban J connectivity index is 2.00. The number of Topliss-reactive ketones (excluding diaryl/α,β-unsaturated/α-hetero) is 1. The van der Waals surface area contributed by atoms with Crippen molar-refractivity contribution in [2.45, 2.75) is 45.4 Å². The van der Waals surface area contributed by atoms with E-state index in [4.69, 9.17) is 0 Å². The molecule has 1 aliphatic carbocycles. The van der Waals surface area contributed by atoms with Gasteiger partial charge in [0.2, 0.25) is 0 Å². The maximum atomic E-state index is 13.2. The number of phenols is 1. The van der Waals surface area contributed by atoms with E-state index in [9.17, 15) is 9.90 Å². The van der Waals surface area contributed by atoms with E-state index in [1.165, 1.54) is 0 Å². The molecule has 2 heterocycles. The molecule has 0 amide bonds. The third-order valence-electron chi connectivity index (χ3n) is 5.64. The third-order valence-corrected chi connectivity index (χ3v) is 5.64. The molecule has 1 atom stereocenters. The largest absolute Gasteiger partial charge is 0.508 e. The summed E-state index contributed by atoms with van der Waals surface area (Å²) in [6, 6.07) is 7.27. The number of allylic oxidation sites excluding steroid dienone is 2. The molecule has 5 heteroatoms. The normalized spacial score (nSPS) is 27.2. The molecule has 3 aliphatic rings. The van der Waals surface area contributed by atoms with Gasteiger partial charge < -0.3 is 10.4 Å². The number of aromatic hydroxyl groups is 1. The molecule has 25 heavy (non-hydrogen) atoms. The van der Waals surface area contributed by atoms with Crippen molar-refractivity contribution in [3.8, 4) is 5.75 Å². The summed E-state index contributed by atoms with van der Waals surface area (Å²) >= 11 is 0. The number of phenolic OH excluding ortho intramolecular Hbond substituents is 1. The second-order valence-electron chi connectivity index (χ2n) is 7.96. The molecule has 2 N–H and O–H groups in total. The number of dihydropyridines is 1. The molecule has 0 fully saturated rings. The van der Waals surface area contributed by atoms with E-state index in [0.717, 1.165) is 41.1 Å². The van der Waals surface area contributed by atoms with Gasteiger partial charge in [-0.15, -0.1) is 5.11 Å². The highest BCUT2D eigenvalue weighted by molar-refractivity contribution is 6.01. The molecular weight excluding hydrogens is 314 g/mol. The van der Waals surface area contributed by atoms with Crippen molar-refractivity contribution in [3.63, 3.8) is 0 Å². The van der Waals surface area contributed by atoms with Gasteiger partial charge >= 0.3 is 0 Å². The zero-order valence-electron chi connectivity index (χ0n) is 14.9. The minimum absolute atomic E-state index is 0.0744. The van der Waals surface area contributed by atoms with Crippen LogP contribution >= 0.6 is 0 Å². The summed E-state index contributed by atoms with van der Waals surface area (Å²) in [6.45, 7) is 6.83. The predicted octanol–water partition coefficient (Wildman–Crippen LogP) is 3.96. The quantitative estimate of drug-likeness (QED) is 0.857. The molecule has 2 aliphatic heterocycles. The number of carbonyl (C=O) groups is 1. The fourth-order valence-corrected chi connectivity index (χ4v) is 4.65. The van der Waals surface area contributed by atoms with Crippen LogP contribution in [0.2, 0.25) is 0 Å². The monoisotopic (exact) mass is 337 g/mol. The van der Waals surface area contributed by atoms with E-state index in [1.54, 1.807) is 12.1 Å². The van der Waals surface area contributed by atoms with E-state index in [1.807, 2.05) is 12.1 Å². The van der Waals surface area contributed by atoms with Crippen molar-refractivity contribution >= 4 is 5.78 Å². The average molecular weight is 337 g/mol. The Kier molecular flexibility index (Phi) is 3.39. The standard InChI is InChI=1S/C20H23N3O2/c1-4-20(12-6-5-7-13(24)8-12)14-11-21-23-18(14)22-15-9-19(2,3)10-16(25)17(15)20/h5-8,22,24H,4,9-11H2,1-3H3. The lowest BCUT2D eigenvalue weighted by molar-refractivity contribution is -0.118. The van der Waals surface area contributed by atoms with Gasteiger partial charge in [-0.2, -0.15) is 5.11 Å². The zero-order chi connectivity index (χ0) is 17.8. The van der Waals surface area contributed by atoms with Gasteiger partial charge in [0.05, 0.1) is 12.0 Å². The molecular formula is C20H23N3O2. The Morgan fingerprint density at radius 2 is 2.08 bits per heavy atom. The Morgan fingerprint density at radius 1 is 1.28 bits per heavy atom. The van der Waals surface area contributed by atoms with Gasteiger partial charge in [-0.05, 0) is 36.0 Å². The van der Waals surface area contributed by atoms with Gasteiger partial charge in [-0.1, -0.05) is 32.9 Å². The SMILES string of the molecule is CCC1(c2cccc(O)c2)C2=C(N=NC2)NC2=C1C(=O)CC(C)(C)C2. The lowest BCUT2D eigenvalue weighted by Crippen LogP contribution is -2.46. The van der Waals surface area contributed by atoms with Crippen molar-refractivity contribution < 1.29 is 9.90 Å². The summed E-state index contributed by atoms with van der Waals surface area (Å²) in [5.41, 5.74) is 3.14. The van der Waals surface area contributed by atoms with Crippen LogP contribution in [0.25, 0.3) is 0 Å². The van der Waals surface area contributed by atoms with Crippen molar-refractivity contribution in [1.29, 1.82) is 0 Å².